The zero-order valence-corrected chi connectivity index (χ0v) is 23.3. The normalized spacial score (nSPS) is 16.9. The van der Waals surface area contributed by atoms with Crippen molar-refractivity contribution < 1.29 is 49.4 Å². The van der Waals surface area contributed by atoms with E-state index in [0.29, 0.717) is 19.3 Å². The minimum absolute atomic E-state index is 0.120. The van der Waals surface area contributed by atoms with Gasteiger partial charge in [-0.2, -0.15) is 0 Å². The lowest BCUT2D eigenvalue weighted by molar-refractivity contribution is -0.163. The van der Waals surface area contributed by atoms with Gasteiger partial charge in [0.05, 0.1) is 37.1 Å². The number of unbranched alkanes of at least 4 members (excludes halogenated alkanes) is 3. The zero-order valence-electron chi connectivity index (χ0n) is 23.3. The number of carbonyl (C=O) groups is 4. The summed E-state index contributed by atoms with van der Waals surface area (Å²) in [5.41, 5.74) is 0. The Morgan fingerprint density at radius 2 is 1.45 bits per heavy atom. The molecule has 0 bridgehead atoms. The van der Waals surface area contributed by atoms with E-state index in [4.69, 9.17) is 9.84 Å². The molecule has 0 aromatic carbocycles. The Morgan fingerprint density at radius 1 is 0.842 bits per heavy atom. The predicted octanol–water partition coefficient (Wildman–Crippen LogP) is 2.49. The molecule has 0 aliphatic carbocycles. The molecule has 0 rings (SSSR count). The molecule has 0 aromatic rings. The highest BCUT2D eigenvalue weighted by molar-refractivity contribution is 5.82. The van der Waals surface area contributed by atoms with Crippen LogP contribution in [0.2, 0.25) is 0 Å². The second-order valence-electron chi connectivity index (χ2n) is 10.6. The third-order valence-corrected chi connectivity index (χ3v) is 6.82. The van der Waals surface area contributed by atoms with Gasteiger partial charge in [0.2, 0.25) is 5.91 Å². The predicted molar refractivity (Wildman–Crippen MR) is 140 cm³/mol. The lowest BCUT2D eigenvalue weighted by atomic mass is 9.89. The van der Waals surface area contributed by atoms with Crippen molar-refractivity contribution in [3.05, 3.63) is 0 Å². The van der Waals surface area contributed by atoms with Gasteiger partial charge in [-0.1, -0.05) is 59.3 Å². The number of carbonyl (C=O) groups excluding carboxylic acids is 2. The second-order valence-corrected chi connectivity index (χ2v) is 10.6. The molecule has 0 saturated carbocycles. The van der Waals surface area contributed by atoms with Crippen LogP contribution in [-0.4, -0.2) is 80.3 Å². The minimum Gasteiger partial charge on any atom is -0.481 e. The van der Waals surface area contributed by atoms with Crippen molar-refractivity contribution in [2.75, 3.05) is 6.54 Å². The van der Waals surface area contributed by atoms with E-state index >= 15 is 0 Å². The lowest BCUT2D eigenvalue weighted by Crippen LogP contribution is -2.38. The average molecular weight is 548 g/mol. The topological polar surface area (TPSA) is 191 Å². The first-order valence-electron chi connectivity index (χ1n) is 13.7. The highest BCUT2D eigenvalue weighted by Crippen LogP contribution is 2.24. The summed E-state index contributed by atoms with van der Waals surface area (Å²) < 4.78 is 5.48. The molecule has 1 amide bonds. The van der Waals surface area contributed by atoms with Crippen LogP contribution >= 0.6 is 0 Å². The monoisotopic (exact) mass is 547 g/mol. The highest BCUT2D eigenvalue weighted by Gasteiger charge is 2.31. The fourth-order valence-electron chi connectivity index (χ4n) is 4.26. The Morgan fingerprint density at radius 3 is 1.97 bits per heavy atom. The number of aliphatic hydroxyl groups excluding tert-OH is 3. The van der Waals surface area contributed by atoms with Gasteiger partial charge >= 0.3 is 17.9 Å². The van der Waals surface area contributed by atoms with E-state index in [1.807, 2.05) is 20.8 Å². The average Bonchev–Trinajstić information content (AvgIpc) is 2.82. The standard InChI is InChI=1S/C27H49NO10/c1-5-18(3)26(35)23(38-25(34)14-20(27(36)37)13-24(32)33)12-17(2)10-8-6-7-9-11-21(30)15-22(31)16-28-19(4)29/h17-18,20-23,26,30-31,35H,5-16H2,1-4H3,(H,28,29)(H,32,33)(H,36,37)/t17-,18+,20+,21-,22+,23-,26+/m0/s1. The molecule has 0 spiro atoms. The molecule has 0 aliphatic rings. The number of carboxylic acid groups (broad SMARTS) is 2. The van der Waals surface area contributed by atoms with Crippen molar-refractivity contribution in [2.24, 2.45) is 17.8 Å². The van der Waals surface area contributed by atoms with Crippen molar-refractivity contribution in [2.45, 2.75) is 123 Å². The maximum Gasteiger partial charge on any atom is 0.307 e. The first kappa shape index (κ1) is 35.8. The molecule has 0 radical (unpaired) electrons. The second kappa shape index (κ2) is 19.8. The van der Waals surface area contributed by atoms with Gasteiger partial charge in [-0.3, -0.25) is 19.2 Å². The first-order valence-corrected chi connectivity index (χ1v) is 13.7. The summed E-state index contributed by atoms with van der Waals surface area (Å²) in [5, 5.41) is 51.2. The molecular formula is C27H49NO10. The number of hydrogen-bond acceptors (Lipinski definition) is 8. The van der Waals surface area contributed by atoms with Crippen LogP contribution in [0.15, 0.2) is 0 Å². The van der Waals surface area contributed by atoms with E-state index in [2.05, 4.69) is 5.32 Å². The molecule has 6 N–H and O–H groups in total. The van der Waals surface area contributed by atoms with Gasteiger partial charge in [0.15, 0.2) is 0 Å². The molecule has 11 heteroatoms. The zero-order chi connectivity index (χ0) is 29.3. The summed E-state index contributed by atoms with van der Waals surface area (Å²) in [6, 6.07) is 0. The molecule has 11 nitrogen and oxygen atoms in total. The summed E-state index contributed by atoms with van der Waals surface area (Å²) in [6.45, 7) is 7.23. The number of ether oxygens (including phenoxy) is 1. The van der Waals surface area contributed by atoms with Gasteiger partial charge in [0, 0.05) is 19.9 Å². The van der Waals surface area contributed by atoms with E-state index in [0.717, 1.165) is 32.1 Å². The van der Waals surface area contributed by atoms with Gasteiger partial charge in [-0.25, -0.2) is 0 Å². The van der Waals surface area contributed by atoms with Gasteiger partial charge in [-0.05, 0) is 24.7 Å². The van der Waals surface area contributed by atoms with Crippen LogP contribution in [0, 0.1) is 17.8 Å². The number of nitrogens with one attached hydrogen (secondary N) is 1. The molecule has 222 valence electrons. The Labute approximate surface area is 226 Å². The van der Waals surface area contributed by atoms with Crippen LogP contribution in [0.3, 0.4) is 0 Å². The molecule has 0 fully saturated rings. The molecular weight excluding hydrogens is 498 g/mol. The Hall–Kier alpha value is -2.24. The summed E-state index contributed by atoms with van der Waals surface area (Å²) in [6.07, 6.45) is 1.79. The van der Waals surface area contributed by atoms with Gasteiger partial charge in [-0.15, -0.1) is 0 Å². The number of aliphatic hydroxyl groups is 3. The molecule has 38 heavy (non-hydrogen) atoms. The van der Waals surface area contributed by atoms with Crippen molar-refractivity contribution in [1.29, 1.82) is 0 Å². The maximum atomic E-state index is 12.4. The third kappa shape index (κ3) is 17.3. The van der Waals surface area contributed by atoms with Crippen LogP contribution in [0.4, 0.5) is 0 Å². The van der Waals surface area contributed by atoms with Crippen molar-refractivity contribution in [1.82, 2.24) is 5.32 Å². The van der Waals surface area contributed by atoms with E-state index in [9.17, 15) is 39.6 Å². The van der Waals surface area contributed by atoms with Crippen LogP contribution < -0.4 is 5.32 Å². The van der Waals surface area contributed by atoms with E-state index in [1.165, 1.54) is 6.92 Å². The summed E-state index contributed by atoms with van der Waals surface area (Å²) in [4.78, 5) is 45.5. The third-order valence-electron chi connectivity index (χ3n) is 6.82. The van der Waals surface area contributed by atoms with E-state index in [1.54, 1.807) is 0 Å². The number of hydrogen-bond donors (Lipinski definition) is 6. The van der Waals surface area contributed by atoms with E-state index in [-0.39, 0.29) is 30.7 Å². The van der Waals surface area contributed by atoms with E-state index < -0.39 is 61.1 Å². The first-order chi connectivity index (χ1) is 17.8. The molecule has 0 heterocycles. The molecule has 0 aliphatic heterocycles. The molecule has 0 aromatic heterocycles. The Balaban J connectivity index is 4.58. The fraction of sp³-hybridized carbons (Fsp3) is 0.852. The van der Waals surface area contributed by atoms with Crippen molar-refractivity contribution >= 4 is 23.8 Å². The Kier molecular flexibility index (Phi) is 18.6. The fourth-order valence-corrected chi connectivity index (χ4v) is 4.26. The number of carboxylic acids is 2. The van der Waals surface area contributed by atoms with Crippen molar-refractivity contribution in [3.8, 4) is 0 Å². The van der Waals surface area contributed by atoms with Crippen LogP contribution in [0.1, 0.15) is 98.3 Å². The molecule has 7 atom stereocenters. The minimum atomic E-state index is -1.39. The number of esters is 1. The van der Waals surface area contributed by atoms with Crippen molar-refractivity contribution in [3.63, 3.8) is 0 Å². The SMILES string of the molecule is CC[C@@H](C)[C@@H](O)[C@H](C[C@@H](C)CCCCCC[C@H](O)C[C@@H](O)CNC(C)=O)OC(=O)C[C@@H](CC(=O)O)C(=O)O. The van der Waals surface area contributed by atoms with Crippen LogP contribution in [0.5, 0.6) is 0 Å². The van der Waals surface area contributed by atoms with Gasteiger partial charge in [0.1, 0.15) is 6.10 Å². The number of rotatable bonds is 22. The summed E-state index contributed by atoms with van der Waals surface area (Å²) >= 11 is 0. The van der Waals surface area contributed by atoms with Gasteiger partial charge in [0.25, 0.3) is 0 Å². The smallest absolute Gasteiger partial charge is 0.307 e. The van der Waals surface area contributed by atoms with Gasteiger partial charge < -0.3 is 35.6 Å². The summed E-state index contributed by atoms with van der Waals surface area (Å²) in [5.74, 6) is -5.17. The quantitative estimate of drug-likeness (QED) is 0.0867. The maximum absolute atomic E-state index is 12.4. The van der Waals surface area contributed by atoms with Crippen LogP contribution in [-0.2, 0) is 23.9 Å². The summed E-state index contributed by atoms with van der Waals surface area (Å²) in [7, 11) is 0. The lowest BCUT2D eigenvalue weighted by Gasteiger charge is -2.29. The van der Waals surface area contributed by atoms with Crippen LogP contribution in [0.25, 0.3) is 0 Å². The number of aliphatic carboxylic acids is 2. The molecule has 0 unspecified atom stereocenters. The Bertz CT molecular complexity index is 716. The number of amides is 1. The largest absolute Gasteiger partial charge is 0.481 e. The molecule has 0 saturated heterocycles. The highest BCUT2D eigenvalue weighted by atomic mass is 16.6.